The van der Waals surface area contributed by atoms with Crippen LogP contribution in [0.5, 0.6) is 0 Å². The van der Waals surface area contributed by atoms with Crippen LogP contribution in [0.25, 0.3) is 0 Å². The van der Waals surface area contributed by atoms with Crippen LogP contribution in [0.3, 0.4) is 0 Å². The SMILES string of the molecule is CCCCCCCC[C@H](NC(=O)[C@H](O)[C@@H](NC(=O)c1ccccc1)c1ccccc1)C(N)=O. The molecule has 0 aliphatic carbocycles. The number of primary amides is 1. The van der Waals surface area contributed by atoms with E-state index >= 15 is 0 Å². The van der Waals surface area contributed by atoms with Crippen LogP contribution in [-0.4, -0.2) is 35.0 Å². The molecule has 0 aromatic heterocycles. The molecule has 0 aliphatic heterocycles. The second-order valence-corrected chi connectivity index (χ2v) is 8.19. The van der Waals surface area contributed by atoms with Crippen molar-refractivity contribution in [3.05, 3.63) is 71.8 Å². The molecule has 2 aromatic rings. The summed E-state index contributed by atoms with van der Waals surface area (Å²) in [7, 11) is 0. The van der Waals surface area contributed by atoms with E-state index in [1.165, 1.54) is 6.42 Å². The maximum atomic E-state index is 12.8. The van der Waals surface area contributed by atoms with Crippen molar-refractivity contribution in [3.63, 3.8) is 0 Å². The first-order chi connectivity index (χ1) is 15.9. The largest absolute Gasteiger partial charge is 0.381 e. The first-order valence-corrected chi connectivity index (χ1v) is 11.6. The van der Waals surface area contributed by atoms with Crippen molar-refractivity contribution in [2.75, 3.05) is 0 Å². The number of carbonyl (C=O) groups is 3. The first kappa shape index (κ1) is 26.1. The molecular weight excluding hydrogens is 418 g/mol. The molecule has 0 spiro atoms. The predicted octanol–water partition coefficient (Wildman–Crippen LogP) is 3.24. The minimum atomic E-state index is -1.61. The van der Waals surface area contributed by atoms with Crippen LogP contribution in [0.15, 0.2) is 60.7 Å². The molecule has 0 unspecified atom stereocenters. The highest BCUT2D eigenvalue weighted by Crippen LogP contribution is 2.19. The molecule has 178 valence electrons. The lowest BCUT2D eigenvalue weighted by Gasteiger charge is -2.26. The van der Waals surface area contributed by atoms with E-state index in [4.69, 9.17) is 5.73 Å². The minimum Gasteiger partial charge on any atom is -0.381 e. The summed E-state index contributed by atoms with van der Waals surface area (Å²) in [6.07, 6.45) is 5.04. The molecule has 3 atom stereocenters. The number of aliphatic hydroxyl groups is 1. The summed E-state index contributed by atoms with van der Waals surface area (Å²) in [6.45, 7) is 2.15. The molecule has 0 saturated carbocycles. The van der Waals surface area contributed by atoms with Crippen LogP contribution in [0, 0.1) is 0 Å². The van der Waals surface area contributed by atoms with Gasteiger partial charge in [0.2, 0.25) is 5.91 Å². The van der Waals surface area contributed by atoms with Gasteiger partial charge in [-0.3, -0.25) is 14.4 Å². The van der Waals surface area contributed by atoms with E-state index in [1.807, 2.05) is 0 Å². The van der Waals surface area contributed by atoms with E-state index in [2.05, 4.69) is 17.6 Å². The van der Waals surface area contributed by atoms with Crippen LogP contribution in [-0.2, 0) is 9.59 Å². The van der Waals surface area contributed by atoms with E-state index in [-0.39, 0.29) is 0 Å². The average molecular weight is 454 g/mol. The van der Waals surface area contributed by atoms with Gasteiger partial charge in [0.15, 0.2) is 6.10 Å². The third-order valence-corrected chi connectivity index (χ3v) is 5.57. The zero-order valence-corrected chi connectivity index (χ0v) is 19.2. The number of nitrogens with one attached hydrogen (secondary N) is 2. The van der Waals surface area contributed by atoms with Crippen molar-refractivity contribution in [2.45, 2.75) is 70.1 Å². The van der Waals surface area contributed by atoms with Gasteiger partial charge in [0.1, 0.15) is 6.04 Å². The molecule has 2 rings (SSSR count). The Morgan fingerprint density at radius 1 is 0.848 bits per heavy atom. The number of rotatable bonds is 14. The molecule has 2 aromatic carbocycles. The average Bonchev–Trinajstić information content (AvgIpc) is 2.84. The van der Waals surface area contributed by atoms with Crippen molar-refractivity contribution in [1.29, 1.82) is 0 Å². The molecular formula is C26H35N3O4. The monoisotopic (exact) mass is 453 g/mol. The van der Waals surface area contributed by atoms with Gasteiger partial charge in [-0.25, -0.2) is 0 Å². The van der Waals surface area contributed by atoms with Crippen molar-refractivity contribution in [2.24, 2.45) is 5.73 Å². The summed E-state index contributed by atoms with van der Waals surface area (Å²) in [5, 5.41) is 16.2. The lowest BCUT2D eigenvalue weighted by atomic mass is 9.99. The van der Waals surface area contributed by atoms with Gasteiger partial charge in [-0.05, 0) is 24.1 Å². The van der Waals surface area contributed by atoms with Gasteiger partial charge >= 0.3 is 0 Å². The van der Waals surface area contributed by atoms with E-state index < -0.39 is 35.9 Å². The Morgan fingerprint density at radius 2 is 1.42 bits per heavy atom. The van der Waals surface area contributed by atoms with Gasteiger partial charge in [0, 0.05) is 5.56 Å². The zero-order valence-electron chi connectivity index (χ0n) is 19.2. The second kappa shape index (κ2) is 14.1. The molecule has 0 bridgehead atoms. The Balaban J connectivity index is 2.05. The van der Waals surface area contributed by atoms with Crippen LogP contribution in [0.4, 0.5) is 0 Å². The van der Waals surface area contributed by atoms with Crippen LogP contribution < -0.4 is 16.4 Å². The van der Waals surface area contributed by atoms with Crippen LogP contribution in [0.2, 0.25) is 0 Å². The summed E-state index contributed by atoms with van der Waals surface area (Å²) in [4.78, 5) is 37.4. The Bertz CT molecular complexity index is 874. The quantitative estimate of drug-likeness (QED) is 0.328. The van der Waals surface area contributed by atoms with Gasteiger partial charge < -0.3 is 21.5 Å². The lowest BCUT2D eigenvalue weighted by Crippen LogP contribution is -2.51. The summed E-state index contributed by atoms with van der Waals surface area (Å²) in [6, 6.07) is 15.4. The second-order valence-electron chi connectivity index (χ2n) is 8.19. The highest BCUT2D eigenvalue weighted by molar-refractivity contribution is 5.95. The number of aliphatic hydroxyl groups excluding tert-OH is 1. The fourth-order valence-corrected chi connectivity index (χ4v) is 3.64. The molecule has 7 nitrogen and oxygen atoms in total. The number of amides is 3. The fraction of sp³-hybridized carbons (Fsp3) is 0.423. The van der Waals surface area contributed by atoms with E-state index in [0.29, 0.717) is 17.5 Å². The topological polar surface area (TPSA) is 122 Å². The van der Waals surface area contributed by atoms with E-state index in [9.17, 15) is 19.5 Å². The first-order valence-electron chi connectivity index (χ1n) is 11.6. The fourth-order valence-electron chi connectivity index (χ4n) is 3.64. The molecule has 0 aliphatic rings. The smallest absolute Gasteiger partial charge is 0.252 e. The highest BCUT2D eigenvalue weighted by atomic mass is 16.3. The van der Waals surface area contributed by atoms with Gasteiger partial charge in [-0.1, -0.05) is 94.0 Å². The van der Waals surface area contributed by atoms with Crippen LogP contribution >= 0.6 is 0 Å². The molecule has 0 heterocycles. The molecule has 7 heteroatoms. The number of hydrogen-bond acceptors (Lipinski definition) is 4. The lowest BCUT2D eigenvalue weighted by molar-refractivity contribution is -0.134. The van der Waals surface area contributed by atoms with Gasteiger partial charge in [0.25, 0.3) is 11.8 Å². The maximum Gasteiger partial charge on any atom is 0.252 e. The molecule has 0 radical (unpaired) electrons. The standard InChI is InChI=1S/C26H35N3O4/c1-2-3-4-5-6-13-18-21(24(27)31)28-26(33)23(30)22(19-14-9-7-10-15-19)29-25(32)20-16-11-8-12-17-20/h7-12,14-17,21-23,30H,2-6,13,18H2,1H3,(H2,27,31)(H,28,33)(H,29,32)/t21-,22-,23+/m0/s1. The third kappa shape index (κ3) is 8.69. The van der Waals surface area contributed by atoms with Crippen molar-refractivity contribution in [3.8, 4) is 0 Å². The van der Waals surface area contributed by atoms with Gasteiger partial charge in [0.05, 0.1) is 6.04 Å². The van der Waals surface area contributed by atoms with E-state index in [1.54, 1.807) is 60.7 Å². The number of unbranched alkanes of at least 4 members (excludes halogenated alkanes) is 5. The minimum absolute atomic E-state index is 0.407. The number of hydrogen-bond donors (Lipinski definition) is 4. The maximum absolute atomic E-state index is 12.8. The summed E-state index contributed by atoms with van der Waals surface area (Å²) in [5.74, 6) is -1.82. The van der Waals surface area contributed by atoms with Crippen LogP contribution in [0.1, 0.15) is 73.8 Å². The number of nitrogens with two attached hydrogens (primary N) is 1. The Labute approximate surface area is 195 Å². The molecule has 0 saturated heterocycles. The Kier molecular flexibility index (Phi) is 11.1. The third-order valence-electron chi connectivity index (χ3n) is 5.57. The molecule has 33 heavy (non-hydrogen) atoms. The number of benzene rings is 2. The Morgan fingerprint density at radius 3 is 2.03 bits per heavy atom. The number of carbonyl (C=O) groups excluding carboxylic acids is 3. The molecule has 5 N–H and O–H groups in total. The zero-order chi connectivity index (χ0) is 24.1. The van der Waals surface area contributed by atoms with Crippen molar-refractivity contribution >= 4 is 17.7 Å². The predicted molar refractivity (Wildman–Crippen MR) is 128 cm³/mol. The van der Waals surface area contributed by atoms with Gasteiger partial charge in [-0.2, -0.15) is 0 Å². The summed E-state index contributed by atoms with van der Waals surface area (Å²) >= 11 is 0. The van der Waals surface area contributed by atoms with Crippen molar-refractivity contribution < 1.29 is 19.5 Å². The molecule has 3 amide bonds. The normalized spacial score (nSPS) is 13.5. The van der Waals surface area contributed by atoms with Gasteiger partial charge in [-0.15, -0.1) is 0 Å². The molecule has 0 fully saturated rings. The van der Waals surface area contributed by atoms with E-state index in [0.717, 1.165) is 32.1 Å². The summed E-state index contributed by atoms with van der Waals surface area (Å²) < 4.78 is 0. The highest BCUT2D eigenvalue weighted by Gasteiger charge is 2.31. The summed E-state index contributed by atoms with van der Waals surface area (Å²) in [5.41, 5.74) is 6.46. The van der Waals surface area contributed by atoms with Crippen molar-refractivity contribution in [1.82, 2.24) is 10.6 Å². The Hall–Kier alpha value is -3.19.